The van der Waals surface area contributed by atoms with Crippen molar-refractivity contribution in [3.05, 3.63) is 131 Å². The number of allylic oxidation sites excluding steroid dienone is 9. The summed E-state index contributed by atoms with van der Waals surface area (Å²) in [5, 5.41) is 0. The van der Waals surface area contributed by atoms with E-state index in [1.165, 1.54) is 33.8 Å². The normalized spacial score (nSPS) is 15.6. The molecule has 0 unspecified atom stereocenters. The van der Waals surface area contributed by atoms with Gasteiger partial charge in [-0.1, -0.05) is 36.4 Å². The number of benzene rings is 2. The number of hydrogen-bond acceptors (Lipinski definition) is 0. The summed E-state index contributed by atoms with van der Waals surface area (Å²) in [4.78, 5) is 0. The molecule has 0 bridgehead atoms. The first-order valence-corrected chi connectivity index (χ1v) is 24.9. The van der Waals surface area contributed by atoms with Gasteiger partial charge in [0.25, 0.3) is 0 Å². The standard InChI is InChI=1S/C23H17.6ClH.Sb/c1-3-11-19(12-4-1)23(20-13-5-2-6-14-20)22-17-9-15-18-10-7-8-16-21(18)22;;;;;;;/h1-17H;6*1H;/q+1;;;;;;;+5/p-6. The van der Waals surface area contributed by atoms with Gasteiger partial charge in [-0.3, -0.25) is 0 Å². The van der Waals surface area contributed by atoms with E-state index in [-0.39, 0.29) is 12.4 Å². The molecule has 2 aliphatic rings. The molecule has 2 aromatic rings. The third-order valence-corrected chi connectivity index (χ3v) is 4.18. The summed E-state index contributed by atoms with van der Waals surface area (Å²) in [5.41, 5.74) is 6.32. The van der Waals surface area contributed by atoms with Gasteiger partial charge < -0.3 is 12.4 Å². The Balaban J connectivity index is 0.000000405. The van der Waals surface area contributed by atoms with Crippen LogP contribution in [0.4, 0.5) is 0 Å². The van der Waals surface area contributed by atoms with Crippen molar-refractivity contribution in [2.24, 2.45) is 0 Å². The van der Waals surface area contributed by atoms with Crippen LogP contribution in [0.25, 0.3) is 5.57 Å². The van der Waals surface area contributed by atoms with Gasteiger partial charge in [0.15, 0.2) is 0 Å². The second kappa shape index (κ2) is 10.9. The molecular formula is C23H17Cl6Sb. The van der Waals surface area contributed by atoms with Gasteiger partial charge >= 0.3 is 55.8 Å². The minimum atomic E-state index is -4.33. The van der Waals surface area contributed by atoms with Crippen molar-refractivity contribution < 1.29 is 12.4 Å². The van der Waals surface area contributed by atoms with Crippen molar-refractivity contribution in [1.82, 2.24) is 0 Å². The number of fused-ring (bicyclic) bond motifs is 1. The van der Waals surface area contributed by atoms with Crippen molar-refractivity contribution in [2.45, 2.75) is 0 Å². The Labute approximate surface area is 203 Å². The summed E-state index contributed by atoms with van der Waals surface area (Å²) in [6.07, 6.45) is 15.1. The van der Waals surface area contributed by atoms with E-state index in [0.29, 0.717) is 0 Å². The van der Waals surface area contributed by atoms with Crippen molar-refractivity contribution in [3.8, 4) is 0 Å². The third-order valence-electron chi connectivity index (χ3n) is 4.18. The van der Waals surface area contributed by atoms with Gasteiger partial charge in [0.05, 0.1) is 17.1 Å². The van der Waals surface area contributed by atoms with Crippen LogP contribution in [0.1, 0.15) is 11.1 Å². The first kappa shape index (κ1) is 25.8. The molecule has 0 aliphatic heterocycles. The van der Waals surface area contributed by atoms with Crippen LogP contribution in [0.2, 0.25) is 0 Å². The predicted octanol–water partition coefficient (Wildman–Crippen LogP) is 5.76. The van der Waals surface area contributed by atoms with Crippen LogP contribution >= 0.6 is 44.1 Å². The molecule has 0 saturated heterocycles. The quantitative estimate of drug-likeness (QED) is 0.294. The van der Waals surface area contributed by atoms with Crippen LogP contribution in [0.5, 0.6) is 0 Å². The number of halogens is 6. The molecule has 0 spiro atoms. The van der Waals surface area contributed by atoms with E-state index in [4.69, 9.17) is 44.1 Å². The van der Waals surface area contributed by atoms with Gasteiger partial charge in [-0.25, -0.2) is 0 Å². The maximum absolute atomic E-state index is 5.05. The molecule has 4 rings (SSSR count). The summed E-state index contributed by atoms with van der Waals surface area (Å²) < 4.78 is 0. The zero-order valence-corrected chi connectivity index (χ0v) is 22.6. The van der Waals surface area contributed by atoms with Gasteiger partial charge in [-0.15, -0.1) is 0 Å². The monoisotopic (exact) mass is 624 g/mol. The van der Waals surface area contributed by atoms with Crippen LogP contribution < -0.4 is 12.4 Å². The SMILES string of the molecule is C1=CC2=CC=CC(=C(c3ccccc3)c3ccccc3)[C+]2C=C1.[Cl-].[Cl][Sb]([Cl])([Cl])([Cl])[Cl]. The Morgan fingerprint density at radius 3 is 1.67 bits per heavy atom. The van der Waals surface area contributed by atoms with Crippen LogP contribution in [0.3, 0.4) is 0 Å². The average molecular weight is 628 g/mol. The van der Waals surface area contributed by atoms with E-state index in [2.05, 4.69) is 103 Å². The van der Waals surface area contributed by atoms with E-state index < -0.39 is 11.7 Å². The first-order chi connectivity index (χ1) is 13.7. The molecule has 0 atom stereocenters. The summed E-state index contributed by atoms with van der Waals surface area (Å²) in [6, 6.07) is 21.3. The molecule has 0 nitrogen and oxygen atoms in total. The molecule has 0 N–H and O–H groups in total. The Morgan fingerprint density at radius 2 is 1.17 bits per heavy atom. The number of hydrogen-bond donors (Lipinski definition) is 0. The van der Waals surface area contributed by atoms with Crippen molar-refractivity contribution in [3.63, 3.8) is 0 Å². The molecule has 2 aliphatic carbocycles. The average Bonchev–Trinajstić information content (AvgIpc) is 2.68. The molecule has 156 valence electrons. The number of rotatable bonds is 2. The zero-order chi connectivity index (χ0) is 20.9. The van der Waals surface area contributed by atoms with E-state index in [9.17, 15) is 0 Å². The molecular weight excluding hydrogens is 611 g/mol. The molecule has 0 heterocycles. The van der Waals surface area contributed by atoms with Crippen LogP contribution in [0, 0.1) is 5.92 Å². The fraction of sp³-hybridized carbons (Fsp3) is 0. The summed E-state index contributed by atoms with van der Waals surface area (Å²) in [7, 11) is 25.2. The molecule has 0 saturated carbocycles. The first-order valence-electron chi connectivity index (χ1n) is 8.74. The van der Waals surface area contributed by atoms with E-state index in [0.717, 1.165) is 0 Å². The second-order valence-electron chi connectivity index (χ2n) is 6.27. The third kappa shape index (κ3) is 8.25. The fourth-order valence-electron chi connectivity index (χ4n) is 3.13. The molecule has 0 aromatic heterocycles. The van der Waals surface area contributed by atoms with Crippen LogP contribution in [-0.2, 0) is 0 Å². The van der Waals surface area contributed by atoms with Crippen LogP contribution in [-0.4, -0.2) is 11.7 Å². The fourth-order valence-corrected chi connectivity index (χ4v) is 3.13. The zero-order valence-electron chi connectivity index (χ0n) is 15.5. The Bertz CT molecular complexity index is 951. The van der Waals surface area contributed by atoms with Crippen LogP contribution in [0.15, 0.2) is 114 Å². The Morgan fingerprint density at radius 1 is 0.667 bits per heavy atom. The van der Waals surface area contributed by atoms with Gasteiger partial charge in [0, 0.05) is 41.0 Å². The predicted molar refractivity (Wildman–Crippen MR) is 133 cm³/mol. The Kier molecular flexibility index (Phi) is 9.41. The topological polar surface area (TPSA) is 0 Å². The van der Waals surface area contributed by atoms with E-state index in [1.54, 1.807) is 0 Å². The summed E-state index contributed by atoms with van der Waals surface area (Å²) in [5.74, 6) is 1.29. The molecule has 2 aromatic carbocycles. The van der Waals surface area contributed by atoms with Gasteiger partial charge in [0.1, 0.15) is 0 Å². The Hall–Kier alpha value is -0.432. The molecule has 0 radical (unpaired) electrons. The van der Waals surface area contributed by atoms with E-state index in [1.807, 2.05) is 0 Å². The minimum absolute atomic E-state index is 0. The van der Waals surface area contributed by atoms with Gasteiger partial charge in [0.2, 0.25) is 0 Å². The van der Waals surface area contributed by atoms with Crippen molar-refractivity contribution in [1.29, 1.82) is 0 Å². The maximum atomic E-state index is 5.05. The summed E-state index contributed by atoms with van der Waals surface area (Å²) in [6.45, 7) is 0. The van der Waals surface area contributed by atoms with Crippen molar-refractivity contribution in [2.75, 3.05) is 0 Å². The molecule has 0 fully saturated rings. The van der Waals surface area contributed by atoms with Crippen molar-refractivity contribution >= 4 is 61.4 Å². The summed E-state index contributed by atoms with van der Waals surface area (Å²) >= 11 is -4.33. The molecule has 7 heteroatoms. The van der Waals surface area contributed by atoms with Gasteiger partial charge in [-0.05, 0) is 42.5 Å². The molecule has 0 amide bonds. The molecule has 30 heavy (non-hydrogen) atoms. The van der Waals surface area contributed by atoms with E-state index >= 15 is 0 Å². The second-order valence-corrected chi connectivity index (χ2v) is 44.2. The van der Waals surface area contributed by atoms with Gasteiger partial charge in [-0.2, -0.15) is 0 Å².